The maximum Gasteiger partial charge on any atom is 0.290 e. The molecule has 152 valence electrons. The Morgan fingerprint density at radius 3 is 2.67 bits per heavy atom. The van der Waals surface area contributed by atoms with Crippen molar-refractivity contribution in [3.05, 3.63) is 103 Å². The number of benzene rings is 2. The lowest BCUT2D eigenvalue weighted by atomic mass is 10.1. The summed E-state index contributed by atoms with van der Waals surface area (Å²) in [6, 6.07) is 13.7. The zero-order chi connectivity index (χ0) is 21.3. The first-order chi connectivity index (χ1) is 14.4. The van der Waals surface area contributed by atoms with Crippen molar-refractivity contribution in [1.82, 2.24) is 4.90 Å². The molecule has 0 radical (unpaired) electrons. The molecule has 0 aliphatic rings. The van der Waals surface area contributed by atoms with E-state index in [-0.39, 0.29) is 40.4 Å². The van der Waals surface area contributed by atoms with Gasteiger partial charge in [0.05, 0.1) is 24.7 Å². The van der Waals surface area contributed by atoms with E-state index in [1.807, 2.05) is 0 Å². The number of rotatable bonds is 5. The van der Waals surface area contributed by atoms with Crippen LogP contribution in [0.15, 0.2) is 79.0 Å². The summed E-state index contributed by atoms with van der Waals surface area (Å²) in [5, 5.41) is 0.542. The molecule has 0 bridgehead atoms. The molecule has 0 saturated carbocycles. The minimum Gasteiger partial charge on any atom is -0.467 e. The van der Waals surface area contributed by atoms with Gasteiger partial charge in [0.25, 0.3) is 5.91 Å². The molecule has 0 atom stereocenters. The van der Waals surface area contributed by atoms with Gasteiger partial charge in [-0.05, 0) is 42.5 Å². The lowest BCUT2D eigenvalue weighted by Gasteiger charge is -2.22. The predicted octanol–water partition coefficient (Wildman–Crippen LogP) is 5.78. The maximum absolute atomic E-state index is 14.3. The molecule has 0 aliphatic carbocycles. The van der Waals surface area contributed by atoms with Crippen molar-refractivity contribution in [3.8, 4) is 0 Å². The lowest BCUT2D eigenvalue weighted by molar-refractivity contribution is 0.0684. The number of fused-ring (bicyclic) bond motifs is 1. The van der Waals surface area contributed by atoms with Crippen LogP contribution in [-0.4, -0.2) is 10.8 Å². The van der Waals surface area contributed by atoms with Crippen molar-refractivity contribution < 1.29 is 18.0 Å². The van der Waals surface area contributed by atoms with Crippen molar-refractivity contribution in [1.29, 1.82) is 0 Å². The first-order valence-electron chi connectivity index (χ1n) is 8.90. The predicted molar refractivity (Wildman–Crippen MR) is 114 cm³/mol. The molecule has 8 heteroatoms. The van der Waals surface area contributed by atoms with Crippen LogP contribution in [0.5, 0.6) is 0 Å². The number of carbonyl (C=O) groups is 1. The van der Waals surface area contributed by atoms with Crippen molar-refractivity contribution in [2.45, 2.75) is 13.1 Å². The molecule has 2 aromatic carbocycles. The van der Waals surface area contributed by atoms with E-state index in [0.29, 0.717) is 15.6 Å². The Labute approximate surface area is 183 Å². The second-order valence-corrected chi connectivity index (χ2v) is 7.88. The standard InChI is InChI=1S/C22H14BrClFNO4/c23-13-6-7-15-19(27)10-21(30-20(15)9-13)22(28)26(11-14-3-2-8-29-14)12-16-17(24)4-1-5-18(16)25/h1-10H,11-12H2. The Hall–Kier alpha value is -2.90. The van der Waals surface area contributed by atoms with E-state index >= 15 is 0 Å². The van der Waals surface area contributed by atoms with E-state index in [1.165, 1.54) is 23.3 Å². The minimum absolute atomic E-state index is 0.0384. The summed E-state index contributed by atoms with van der Waals surface area (Å²) in [6.45, 7) is -0.0952. The van der Waals surface area contributed by atoms with Crippen molar-refractivity contribution >= 4 is 44.4 Å². The number of hydrogen-bond donors (Lipinski definition) is 0. The highest BCUT2D eigenvalue weighted by atomic mass is 79.9. The van der Waals surface area contributed by atoms with E-state index < -0.39 is 11.7 Å². The highest BCUT2D eigenvalue weighted by molar-refractivity contribution is 9.10. The second kappa shape index (κ2) is 8.45. The third kappa shape index (κ3) is 4.17. The number of hydrogen-bond acceptors (Lipinski definition) is 4. The number of nitrogens with zero attached hydrogens (tertiary/aromatic N) is 1. The number of carbonyl (C=O) groups excluding carboxylic acids is 1. The van der Waals surface area contributed by atoms with Gasteiger partial charge in [0.15, 0.2) is 11.2 Å². The summed E-state index contributed by atoms with van der Waals surface area (Å²) < 4.78 is 26.1. The minimum atomic E-state index is -0.593. The second-order valence-electron chi connectivity index (χ2n) is 6.56. The molecule has 0 unspecified atom stereocenters. The van der Waals surface area contributed by atoms with Gasteiger partial charge < -0.3 is 13.7 Å². The summed E-state index contributed by atoms with van der Waals surface area (Å²) in [4.78, 5) is 27.0. The molecule has 0 aliphatic heterocycles. The van der Waals surface area contributed by atoms with Gasteiger partial charge in [-0.15, -0.1) is 0 Å². The Kier molecular flexibility index (Phi) is 5.74. The summed E-state index contributed by atoms with van der Waals surface area (Å²) in [6.07, 6.45) is 1.47. The fraction of sp³-hybridized carbons (Fsp3) is 0.0909. The molecule has 0 spiro atoms. The first-order valence-corrected chi connectivity index (χ1v) is 10.1. The Morgan fingerprint density at radius 1 is 1.10 bits per heavy atom. The lowest BCUT2D eigenvalue weighted by Crippen LogP contribution is -2.31. The third-order valence-electron chi connectivity index (χ3n) is 4.53. The van der Waals surface area contributed by atoms with Gasteiger partial charge in [0, 0.05) is 21.1 Å². The molecule has 0 saturated heterocycles. The zero-order valence-electron chi connectivity index (χ0n) is 15.4. The van der Waals surface area contributed by atoms with Gasteiger partial charge >= 0.3 is 0 Å². The largest absolute Gasteiger partial charge is 0.467 e. The highest BCUT2D eigenvalue weighted by Gasteiger charge is 2.23. The number of furan rings is 1. The van der Waals surface area contributed by atoms with E-state index in [2.05, 4.69) is 15.9 Å². The molecule has 30 heavy (non-hydrogen) atoms. The molecule has 0 N–H and O–H groups in total. The Morgan fingerprint density at radius 2 is 1.93 bits per heavy atom. The van der Waals surface area contributed by atoms with Crippen LogP contribution in [0.3, 0.4) is 0 Å². The normalized spacial score (nSPS) is 11.0. The van der Waals surface area contributed by atoms with Crippen LogP contribution in [0.4, 0.5) is 4.39 Å². The van der Waals surface area contributed by atoms with Crippen LogP contribution in [0.25, 0.3) is 11.0 Å². The van der Waals surface area contributed by atoms with Gasteiger partial charge in [-0.25, -0.2) is 4.39 Å². The monoisotopic (exact) mass is 489 g/mol. The van der Waals surface area contributed by atoms with Crippen LogP contribution >= 0.6 is 27.5 Å². The molecule has 1 amide bonds. The smallest absolute Gasteiger partial charge is 0.290 e. The van der Waals surface area contributed by atoms with Crippen LogP contribution in [0.1, 0.15) is 21.9 Å². The SMILES string of the molecule is O=C(c1cc(=O)c2ccc(Br)cc2o1)N(Cc1ccco1)Cc1c(F)cccc1Cl. The van der Waals surface area contributed by atoms with Crippen LogP contribution in [0.2, 0.25) is 5.02 Å². The molecule has 2 heterocycles. The quantitative estimate of drug-likeness (QED) is 0.356. The summed E-state index contributed by atoms with van der Waals surface area (Å²) >= 11 is 9.47. The first kappa shape index (κ1) is 20.4. The molecule has 4 aromatic rings. The summed E-state index contributed by atoms with van der Waals surface area (Å²) in [5.41, 5.74) is 0.0704. The van der Waals surface area contributed by atoms with Gasteiger partial charge in [-0.3, -0.25) is 9.59 Å². The van der Waals surface area contributed by atoms with E-state index in [4.69, 9.17) is 20.4 Å². The zero-order valence-corrected chi connectivity index (χ0v) is 17.7. The van der Waals surface area contributed by atoms with Gasteiger partial charge in [0.2, 0.25) is 0 Å². The summed E-state index contributed by atoms with van der Waals surface area (Å²) in [5.74, 6) is -0.806. The van der Waals surface area contributed by atoms with E-state index in [1.54, 1.807) is 36.4 Å². The van der Waals surface area contributed by atoms with E-state index in [9.17, 15) is 14.0 Å². The van der Waals surface area contributed by atoms with Crippen molar-refractivity contribution in [3.63, 3.8) is 0 Å². The molecular weight excluding hydrogens is 477 g/mol. The maximum atomic E-state index is 14.3. The van der Waals surface area contributed by atoms with Gasteiger partial charge in [-0.1, -0.05) is 33.6 Å². The topological polar surface area (TPSA) is 63.7 Å². The molecule has 0 fully saturated rings. The fourth-order valence-electron chi connectivity index (χ4n) is 3.05. The van der Waals surface area contributed by atoms with Crippen LogP contribution < -0.4 is 5.43 Å². The summed E-state index contributed by atoms with van der Waals surface area (Å²) in [7, 11) is 0. The van der Waals surface area contributed by atoms with Gasteiger partial charge in [0.1, 0.15) is 17.2 Å². The molecule has 2 aromatic heterocycles. The number of halogens is 3. The average Bonchev–Trinajstić information content (AvgIpc) is 3.22. The molecule has 5 nitrogen and oxygen atoms in total. The average molecular weight is 491 g/mol. The third-order valence-corrected chi connectivity index (χ3v) is 5.37. The highest BCUT2D eigenvalue weighted by Crippen LogP contribution is 2.24. The molecular formula is C22H14BrClFNO4. The van der Waals surface area contributed by atoms with Crippen molar-refractivity contribution in [2.75, 3.05) is 0 Å². The molecule has 4 rings (SSSR count). The Bertz CT molecular complexity index is 1270. The fourth-order valence-corrected chi connectivity index (χ4v) is 3.62. The van der Waals surface area contributed by atoms with E-state index in [0.717, 1.165) is 6.07 Å². The Balaban J connectivity index is 1.75. The van der Waals surface area contributed by atoms with Crippen LogP contribution in [-0.2, 0) is 13.1 Å². The number of amides is 1. The van der Waals surface area contributed by atoms with Crippen molar-refractivity contribution in [2.24, 2.45) is 0 Å². The van der Waals surface area contributed by atoms with Gasteiger partial charge in [-0.2, -0.15) is 0 Å². The van der Waals surface area contributed by atoms with Crippen LogP contribution in [0, 0.1) is 5.82 Å².